The van der Waals surface area contributed by atoms with Crippen LogP contribution in [0.15, 0.2) is 41.2 Å². The maximum Gasteiger partial charge on any atom is 0.408 e. The number of nitrogens with one attached hydrogen (secondary N) is 1. The van der Waals surface area contributed by atoms with Gasteiger partial charge in [-0.2, -0.15) is 4.98 Å². The summed E-state index contributed by atoms with van der Waals surface area (Å²) in [7, 11) is 1.29. The van der Waals surface area contributed by atoms with Crippen LogP contribution < -0.4 is 15.6 Å². The predicted octanol–water partition coefficient (Wildman–Crippen LogP) is 3.72. The molecule has 1 N–H and O–H groups in total. The standard InChI is InChI=1S/C32H40N4O7/c1-41-30(39)25-18-22-19-36(25)29(38)27(21-11-4-5-12-21)34-32(40)43-26-16-9-13-20(26)10-3-2-8-17-35-28(37)23-14-6-7-15-24(23)33-31(35)42-22/h2,6-8,14-15,20-22,25-27H,3-5,9-13,16-19H2,1H3,(H,34,40)/b8-2+/t20-,22-,25+,26-,27+/m1/s1. The van der Waals surface area contributed by atoms with E-state index >= 15 is 0 Å². The molecule has 11 heteroatoms. The number of esters is 1. The molecule has 2 amide bonds. The lowest BCUT2D eigenvalue weighted by Crippen LogP contribution is -2.55. The third kappa shape index (κ3) is 6.12. The van der Waals surface area contributed by atoms with E-state index in [1.54, 1.807) is 18.2 Å². The van der Waals surface area contributed by atoms with Crippen molar-refractivity contribution in [3.05, 3.63) is 46.8 Å². The molecule has 11 nitrogen and oxygen atoms in total. The molecule has 43 heavy (non-hydrogen) atoms. The highest BCUT2D eigenvalue weighted by Crippen LogP contribution is 2.34. The first-order valence-corrected chi connectivity index (χ1v) is 15.6. The van der Waals surface area contributed by atoms with Crippen molar-refractivity contribution in [2.45, 2.75) is 95.0 Å². The van der Waals surface area contributed by atoms with E-state index in [0.29, 0.717) is 10.9 Å². The highest BCUT2D eigenvalue weighted by molar-refractivity contribution is 5.90. The number of ether oxygens (including phenoxy) is 3. The summed E-state index contributed by atoms with van der Waals surface area (Å²) in [5.41, 5.74) is 0.292. The van der Waals surface area contributed by atoms with E-state index in [4.69, 9.17) is 14.2 Å². The monoisotopic (exact) mass is 592 g/mol. The van der Waals surface area contributed by atoms with Crippen LogP contribution in [-0.4, -0.2) is 70.4 Å². The van der Waals surface area contributed by atoms with Crippen molar-refractivity contribution in [2.24, 2.45) is 11.8 Å². The number of hydrogen-bond donors (Lipinski definition) is 1. The molecule has 2 bridgehead atoms. The van der Waals surface area contributed by atoms with Crippen molar-refractivity contribution in [3.8, 4) is 6.01 Å². The molecule has 3 heterocycles. The number of hydrogen-bond acceptors (Lipinski definition) is 8. The van der Waals surface area contributed by atoms with Gasteiger partial charge in [0, 0.05) is 13.0 Å². The third-order valence-corrected chi connectivity index (χ3v) is 9.53. The number of aromatic nitrogens is 2. The Hall–Kier alpha value is -3.89. The lowest BCUT2D eigenvalue weighted by Gasteiger charge is -2.31. The zero-order valence-electron chi connectivity index (χ0n) is 24.6. The molecule has 1 saturated heterocycles. The van der Waals surface area contributed by atoms with Crippen molar-refractivity contribution in [1.82, 2.24) is 19.8 Å². The van der Waals surface area contributed by atoms with Crippen molar-refractivity contribution < 1.29 is 28.6 Å². The predicted molar refractivity (Wildman–Crippen MR) is 157 cm³/mol. The Bertz CT molecular complexity index is 1450. The Labute approximate surface area is 250 Å². The Kier molecular flexibility index (Phi) is 8.67. The summed E-state index contributed by atoms with van der Waals surface area (Å²) >= 11 is 0. The third-order valence-electron chi connectivity index (χ3n) is 9.53. The summed E-state index contributed by atoms with van der Waals surface area (Å²) in [5.74, 6) is -0.734. The SMILES string of the molecule is COC(=O)[C@@H]1C[C@@H]2CN1C(=O)[C@H](C1CCCC1)NC(=O)O[C@@H]1CCC[C@H]1CC/C=C/Cn1c(nc3ccccc3c1=O)O2. The number of carbonyl (C=O) groups excluding carboxylic acids is 3. The zero-order chi connectivity index (χ0) is 29.9. The second-order valence-corrected chi connectivity index (χ2v) is 12.2. The van der Waals surface area contributed by atoms with Gasteiger partial charge in [0.05, 0.1) is 24.6 Å². The lowest BCUT2D eigenvalue weighted by molar-refractivity contribution is -0.152. The molecule has 0 spiro atoms. The molecule has 230 valence electrons. The van der Waals surface area contributed by atoms with E-state index in [-0.39, 0.29) is 54.9 Å². The van der Waals surface area contributed by atoms with Crippen LogP contribution in [0, 0.1) is 11.8 Å². The minimum Gasteiger partial charge on any atom is -0.467 e. The molecule has 5 atom stereocenters. The largest absolute Gasteiger partial charge is 0.467 e. The van der Waals surface area contributed by atoms with Crippen LogP contribution >= 0.6 is 0 Å². The summed E-state index contributed by atoms with van der Waals surface area (Å²) in [6.07, 6.45) is 10.7. The molecular formula is C32H40N4O7. The summed E-state index contributed by atoms with van der Waals surface area (Å²) in [6.45, 7) is 0.348. The van der Waals surface area contributed by atoms with Crippen LogP contribution in [0.4, 0.5) is 4.79 Å². The molecule has 0 unspecified atom stereocenters. The van der Waals surface area contributed by atoms with Gasteiger partial charge in [0.1, 0.15) is 24.3 Å². The molecule has 3 fully saturated rings. The summed E-state index contributed by atoms with van der Waals surface area (Å²) < 4.78 is 18.8. The molecule has 1 aromatic heterocycles. The minimum atomic E-state index is -0.897. The van der Waals surface area contributed by atoms with Gasteiger partial charge in [-0.15, -0.1) is 0 Å². The van der Waals surface area contributed by atoms with Gasteiger partial charge in [0.25, 0.3) is 11.6 Å². The molecule has 4 aliphatic rings. The van der Waals surface area contributed by atoms with Crippen molar-refractivity contribution in [1.29, 1.82) is 0 Å². The first-order chi connectivity index (χ1) is 20.9. The quantitative estimate of drug-likeness (QED) is 0.413. The number of nitrogens with zero attached hydrogens (tertiary/aromatic N) is 3. The molecule has 2 aliphatic carbocycles. The summed E-state index contributed by atoms with van der Waals surface area (Å²) in [6, 6.07) is 5.55. The number of benzene rings is 1. The lowest BCUT2D eigenvalue weighted by atomic mass is 9.96. The van der Waals surface area contributed by atoms with Gasteiger partial charge < -0.3 is 24.4 Å². The number of carbonyl (C=O) groups is 3. The number of rotatable bonds is 2. The number of fused-ring (bicyclic) bond motifs is 5. The number of allylic oxidation sites excluding steroid dienone is 2. The number of methoxy groups -OCH3 is 1. The fraction of sp³-hybridized carbons (Fsp3) is 0.594. The fourth-order valence-electron chi connectivity index (χ4n) is 7.28. The first kappa shape index (κ1) is 29.2. The molecule has 2 aliphatic heterocycles. The Morgan fingerprint density at radius 1 is 0.977 bits per heavy atom. The molecule has 1 aromatic carbocycles. The van der Waals surface area contributed by atoms with Gasteiger partial charge >= 0.3 is 12.1 Å². The number of para-hydroxylation sites is 1. The van der Waals surface area contributed by atoms with Crippen LogP contribution in [0.5, 0.6) is 6.01 Å². The van der Waals surface area contributed by atoms with E-state index in [1.807, 2.05) is 18.2 Å². The van der Waals surface area contributed by atoms with Gasteiger partial charge in [-0.05, 0) is 68.9 Å². The maximum atomic E-state index is 14.2. The van der Waals surface area contributed by atoms with Crippen molar-refractivity contribution in [2.75, 3.05) is 13.7 Å². The second-order valence-electron chi connectivity index (χ2n) is 12.2. The summed E-state index contributed by atoms with van der Waals surface area (Å²) in [4.78, 5) is 60.0. The normalized spacial score (nSPS) is 29.5. The van der Waals surface area contributed by atoms with E-state index in [9.17, 15) is 19.2 Å². The van der Waals surface area contributed by atoms with E-state index < -0.39 is 30.3 Å². The maximum absolute atomic E-state index is 14.2. The fourth-order valence-corrected chi connectivity index (χ4v) is 7.28. The van der Waals surface area contributed by atoms with Gasteiger partial charge in [-0.25, -0.2) is 9.59 Å². The van der Waals surface area contributed by atoms with Gasteiger partial charge in [-0.1, -0.05) is 37.1 Å². The molecule has 0 radical (unpaired) electrons. The van der Waals surface area contributed by atoms with Crippen LogP contribution in [0.3, 0.4) is 0 Å². The Morgan fingerprint density at radius 3 is 2.58 bits per heavy atom. The van der Waals surface area contributed by atoms with E-state index in [2.05, 4.69) is 10.3 Å². The molecule has 6 rings (SSSR count). The van der Waals surface area contributed by atoms with Crippen LogP contribution in [0.1, 0.15) is 64.2 Å². The minimum absolute atomic E-state index is 0.0549. The zero-order valence-corrected chi connectivity index (χ0v) is 24.6. The van der Waals surface area contributed by atoms with Crippen molar-refractivity contribution >= 4 is 28.9 Å². The number of alkyl carbamates (subject to hydrolysis) is 1. The smallest absolute Gasteiger partial charge is 0.408 e. The van der Waals surface area contributed by atoms with Crippen LogP contribution in [0.25, 0.3) is 10.9 Å². The topological polar surface area (TPSA) is 129 Å². The van der Waals surface area contributed by atoms with Gasteiger partial charge in [0.15, 0.2) is 0 Å². The van der Waals surface area contributed by atoms with Crippen LogP contribution in [-0.2, 0) is 25.6 Å². The Balaban J connectivity index is 1.37. The average Bonchev–Trinajstić information content (AvgIpc) is 3.78. The summed E-state index contributed by atoms with van der Waals surface area (Å²) in [5, 5.41) is 3.40. The Morgan fingerprint density at radius 2 is 1.77 bits per heavy atom. The molecular weight excluding hydrogens is 552 g/mol. The highest BCUT2D eigenvalue weighted by Gasteiger charge is 2.46. The van der Waals surface area contributed by atoms with Crippen LogP contribution in [0.2, 0.25) is 0 Å². The number of amides is 2. The van der Waals surface area contributed by atoms with Gasteiger partial charge in [-0.3, -0.25) is 14.2 Å². The van der Waals surface area contributed by atoms with Gasteiger partial charge in [0.2, 0.25) is 5.91 Å². The average molecular weight is 593 g/mol. The molecule has 2 aromatic rings. The van der Waals surface area contributed by atoms with E-state index in [0.717, 1.165) is 57.8 Å². The highest BCUT2D eigenvalue weighted by atomic mass is 16.6. The molecule has 2 saturated carbocycles. The van der Waals surface area contributed by atoms with Crippen molar-refractivity contribution in [3.63, 3.8) is 0 Å². The van der Waals surface area contributed by atoms with E-state index in [1.165, 1.54) is 16.6 Å². The second kappa shape index (κ2) is 12.8. The first-order valence-electron chi connectivity index (χ1n) is 15.6.